The molecule has 0 saturated carbocycles. The zero-order valence-electron chi connectivity index (χ0n) is 14.3. The minimum atomic E-state index is -0.127. The Labute approximate surface area is 158 Å². The van der Waals surface area contributed by atoms with Gasteiger partial charge in [0.15, 0.2) is 0 Å². The first-order chi connectivity index (χ1) is 12.2. The Balaban J connectivity index is 1.49. The Bertz CT molecular complexity index is 629. The number of carbonyl (C=O) groups excluding carboxylic acids is 1. The second kappa shape index (κ2) is 7.77. The summed E-state index contributed by atoms with van der Waals surface area (Å²) in [7, 11) is 0. The first kappa shape index (κ1) is 17.5. The number of nitrogens with zero attached hydrogens (tertiary/aromatic N) is 1. The molecule has 3 aliphatic rings. The highest BCUT2D eigenvalue weighted by molar-refractivity contribution is 7.99. The number of rotatable bonds is 4. The van der Waals surface area contributed by atoms with E-state index in [1.165, 1.54) is 0 Å². The highest BCUT2D eigenvalue weighted by Crippen LogP contribution is 2.32. The van der Waals surface area contributed by atoms with Crippen molar-refractivity contribution in [1.29, 1.82) is 0 Å². The molecular weight excluding hydrogens is 358 g/mol. The van der Waals surface area contributed by atoms with E-state index in [2.05, 4.69) is 4.90 Å². The molecule has 0 spiro atoms. The fourth-order valence-electron chi connectivity index (χ4n) is 3.95. The average Bonchev–Trinajstić information content (AvgIpc) is 3.32. The Kier molecular flexibility index (Phi) is 5.44. The smallest absolute Gasteiger partial charge is 0.229 e. The topological polar surface area (TPSA) is 38.8 Å². The van der Waals surface area contributed by atoms with Gasteiger partial charge in [-0.25, -0.2) is 0 Å². The lowest BCUT2D eigenvalue weighted by atomic mass is 9.94. The largest absolute Gasteiger partial charge is 0.492 e. The van der Waals surface area contributed by atoms with Crippen LogP contribution in [0.25, 0.3) is 0 Å². The second-order valence-corrected chi connectivity index (χ2v) is 8.69. The van der Waals surface area contributed by atoms with Crippen LogP contribution in [-0.4, -0.2) is 54.2 Å². The number of carbonyl (C=O) groups is 1. The van der Waals surface area contributed by atoms with Crippen LogP contribution in [0.5, 0.6) is 5.75 Å². The summed E-state index contributed by atoms with van der Waals surface area (Å²) in [5, 5.41) is 0.693. The first-order valence-electron chi connectivity index (χ1n) is 9.12. The molecule has 6 heteroatoms. The standard InChI is InChI=1S/C19H24ClNO3S/c20-15-3-4-18-13(9-15)8-14(11-24-18)19(22)21(16-5-7-25-12-16)10-17-2-1-6-23-17/h3-4,9,14,16-17H,1-2,5-8,10-12H2. The summed E-state index contributed by atoms with van der Waals surface area (Å²) in [6.45, 7) is 2.00. The molecule has 2 fully saturated rings. The molecule has 0 bridgehead atoms. The maximum atomic E-state index is 13.3. The molecule has 136 valence electrons. The van der Waals surface area contributed by atoms with Gasteiger partial charge in [0.2, 0.25) is 5.91 Å². The maximum Gasteiger partial charge on any atom is 0.229 e. The lowest BCUT2D eigenvalue weighted by Gasteiger charge is -2.35. The number of hydrogen-bond acceptors (Lipinski definition) is 4. The summed E-state index contributed by atoms with van der Waals surface area (Å²) < 4.78 is 11.7. The first-order valence-corrected chi connectivity index (χ1v) is 10.6. The van der Waals surface area contributed by atoms with Gasteiger partial charge in [-0.1, -0.05) is 11.6 Å². The summed E-state index contributed by atoms with van der Waals surface area (Å²) in [6.07, 6.45) is 4.14. The lowest BCUT2D eigenvalue weighted by molar-refractivity contribution is -0.140. The Morgan fingerprint density at radius 2 is 2.28 bits per heavy atom. The van der Waals surface area contributed by atoms with Crippen LogP contribution in [-0.2, 0) is 16.0 Å². The highest BCUT2D eigenvalue weighted by Gasteiger charge is 2.36. The Morgan fingerprint density at radius 1 is 1.36 bits per heavy atom. The fraction of sp³-hybridized carbons (Fsp3) is 0.632. The van der Waals surface area contributed by atoms with Crippen molar-refractivity contribution in [3.8, 4) is 5.75 Å². The lowest BCUT2D eigenvalue weighted by Crippen LogP contribution is -2.49. The van der Waals surface area contributed by atoms with Crippen molar-refractivity contribution in [2.45, 2.75) is 37.8 Å². The van der Waals surface area contributed by atoms with Gasteiger partial charge in [0.05, 0.1) is 12.0 Å². The third-order valence-electron chi connectivity index (χ3n) is 5.33. The molecule has 3 unspecified atom stereocenters. The molecule has 3 atom stereocenters. The van der Waals surface area contributed by atoms with Crippen LogP contribution in [0.3, 0.4) is 0 Å². The molecule has 1 aromatic rings. The minimum Gasteiger partial charge on any atom is -0.492 e. The molecule has 4 rings (SSSR count). The molecule has 25 heavy (non-hydrogen) atoms. The van der Waals surface area contributed by atoms with Crippen LogP contribution in [0.1, 0.15) is 24.8 Å². The van der Waals surface area contributed by atoms with Gasteiger partial charge in [0.1, 0.15) is 12.4 Å². The normalized spacial score (nSPS) is 28.4. The third-order valence-corrected chi connectivity index (χ3v) is 6.71. The number of benzene rings is 1. The van der Waals surface area contributed by atoms with E-state index in [4.69, 9.17) is 21.1 Å². The fourth-order valence-corrected chi connectivity index (χ4v) is 5.37. The molecule has 2 saturated heterocycles. The number of fused-ring (bicyclic) bond motifs is 1. The Hall–Kier alpha value is -0.910. The van der Waals surface area contributed by atoms with Crippen LogP contribution in [0, 0.1) is 5.92 Å². The van der Waals surface area contributed by atoms with Crippen LogP contribution >= 0.6 is 23.4 Å². The molecule has 1 amide bonds. The molecule has 3 heterocycles. The van der Waals surface area contributed by atoms with Crippen LogP contribution < -0.4 is 4.74 Å². The molecule has 0 aromatic heterocycles. The van der Waals surface area contributed by atoms with E-state index in [-0.39, 0.29) is 17.9 Å². The van der Waals surface area contributed by atoms with Crippen molar-refractivity contribution >= 4 is 29.3 Å². The zero-order chi connectivity index (χ0) is 17.2. The van der Waals surface area contributed by atoms with Crippen LogP contribution in [0.4, 0.5) is 0 Å². The maximum absolute atomic E-state index is 13.3. The quantitative estimate of drug-likeness (QED) is 0.801. The predicted molar refractivity (Wildman–Crippen MR) is 101 cm³/mol. The van der Waals surface area contributed by atoms with Crippen LogP contribution in [0.15, 0.2) is 18.2 Å². The molecule has 0 N–H and O–H groups in total. The van der Waals surface area contributed by atoms with Gasteiger partial charge in [-0.15, -0.1) is 0 Å². The van der Waals surface area contributed by atoms with Crippen molar-refractivity contribution < 1.29 is 14.3 Å². The molecular formula is C19H24ClNO3S. The van der Waals surface area contributed by atoms with E-state index in [0.29, 0.717) is 24.1 Å². The molecule has 0 aliphatic carbocycles. The van der Waals surface area contributed by atoms with Gasteiger partial charge in [-0.2, -0.15) is 11.8 Å². The zero-order valence-corrected chi connectivity index (χ0v) is 15.9. The van der Waals surface area contributed by atoms with E-state index < -0.39 is 0 Å². The summed E-state index contributed by atoms with van der Waals surface area (Å²) in [5.74, 6) is 3.12. The third kappa shape index (κ3) is 3.93. The number of thioether (sulfide) groups is 1. The second-order valence-electron chi connectivity index (χ2n) is 7.11. The van der Waals surface area contributed by atoms with E-state index >= 15 is 0 Å². The van der Waals surface area contributed by atoms with Gasteiger partial charge >= 0.3 is 0 Å². The van der Waals surface area contributed by atoms with Crippen molar-refractivity contribution in [1.82, 2.24) is 4.90 Å². The SMILES string of the molecule is O=C(C1COc2ccc(Cl)cc2C1)N(CC1CCCO1)C1CCSC1. The molecule has 0 radical (unpaired) electrons. The highest BCUT2D eigenvalue weighted by atomic mass is 35.5. The Morgan fingerprint density at radius 3 is 3.04 bits per heavy atom. The van der Waals surface area contributed by atoms with Gasteiger partial charge in [-0.3, -0.25) is 4.79 Å². The summed E-state index contributed by atoms with van der Waals surface area (Å²) in [6, 6.07) is 5.99. The number of amides is 1. The van der Waals surface area contributed by atoms with Gasteiger partial charge in [0.25, 0.3) is 0 Å². The van der Waals surface area contributed by atoms with E-state index in [1.54, 1.807) is 0 Å². The minimum absolute atomic E-state index is 0.127. The van der Waals surface area contributed by atoms with Crippen molar-refractivity contribution in [2.75, 3.05) is 31.3 Å². The predicted octanol–water partition coefficient (Wildman–Crippen LogP) is 3.40. The summed E-state index contributed by atoms with van der Waals surface area (Å²) in [4.78, 5) is 15.4. The number of hydrogen-bond donors (Lipinski definition) is 0. The molecule has 1 aromatic carbocycles. The van der Waals surface area contributed by atoms with E-state index in [1.807, 2.05) is 30.0 Å². The van der Waals surface area contributed by atoms with Gasteiger partial charge in [0, 0.05) is 30.0 Å². The van der Waals surface area contributed by atoms with E-state index in [9.17, 15) is 4.79 Å². The van der Waals surface area contributed by atoms with E-state index in [0.717, 1.165) is 55.2 Å². The van der Waals surface area contributed by atoms with Crippen molar-refractivity contribution in [3.05, 3.63) is 28.8 Å². The van der Waals surface area contributed by atoms with Gasteiger partial charge in [-0.05, 0) is 55.2 Å². The van der Waals surface area contributed by atoms with Crippen molar-refractivity contribution in [3.63, 3.8) is 0 Å². The number of halogens is 1. The monoisotopic (exact) mass is 381 g/mol. The van der Waals surface area contributed by atoms with Crippen molar-refractivity contribution in [2.24, 2.45) is 5.92 Å². The molecule has 3 aliphatic heterocycles. The summed E-state index contributed by atoms with van der Waals surface area (Å²) in [5.41, 5.74) is 1.04. The summed E-state index contributed by atoms with van der Waals surface area (Å²) >= 11 is 8.05. The molecule has 4 nitrogen and oxygen atoms in total. The number of ether oxygens (including phenoxy) is 2. The van der Waals surface area contributed by atoms with Gasteiger partial charge < -0.3 is 14.4 Å². The van der Waals surface area contributed by atoms with Crippen LogP contribution in [0.2, 0.25) is 5.02 Å². The average molecular weight is 382 g/mol.